The van der Waals surface area contributed by atoms with Crippen LogP contribution in [-0.4, -0.2) is 118 Å². The number of esters is 2. The molecule has 0 aliphatic carbocycles. The minimum absolute atomic E-state index is 0. The second-order valence-corrected chi connectivity index (χ2v) is 22.6. The number of fused-ring (bicyclic) bond motifs is 4. The number of rotatable bonds is 21. The standard InChI is InChI=1S/C22H26N2O7S.C17H26O7S.C14H10N2O4S.CH4/c1-22(2,3)31-21(25)14-29-9-8-28-10-11-30-16-5-7-18-20(13-16)32-19-12-15(24(26)27)4-6-17(19)23-18;1-14-5-7-15(8-6-14)25(19,20)23-12-11-21-9-10-22-13-16(18)24-17(2,3)4;1-8(17)15-11-4-2-9(16(19)20)6-13(11)21-14-7-10(18)3-5-12(14)15;/h4-7,12-13,23H,8-11,14H2,1-3H3;5-8H,9-13H2,1-4H3;2-7,18H,1H3;1H4. The van der Waals surface area contributed by atoms with E-state index in [-0.39, 0.29) is 81.6 Å². The molecule has 7 rings (SSSR count). The lowest BCUT2D eigenvalue weighted by molar-refractivity contribution is -0.385. The van der Waals surface area contributed by atoms with Gasteiger partial charge in [0.25, 0.3) is 21.5 Å². The Morgan fingerprint density at radius 3 is 1.61 bits per heavy atom. The topological polar surface area (TPSA) is 281 Å². The smallest absolute Gasteiger partial charge is 0.332 e. The Kier molecular flexibility index (Phi) is 24.5. The number of hydrogen-bond donors (Lipinski definition) is 2. The third-order valence-corrected chi connectivity index (χ3v) is 13.6. The predicted octanol–water partition coefficient (Wildman–Crippen LogP) is 10.7. The second kappa shape index (κ2) is 29.9. The fourth-order valence-corrected chi connectivity index (χ4v) is 9.85. The van der Waals surface area contributed by atoms with Crippen LogP contribution in [0.1, 0.15) is 61.5 Å². The van der Waals surface area contributed by atoms with Crippen LogP contribution in [0, 0.1) is 27.2 Å². The van der Waals surface area contributed by atoms with Gasteiger partial charge in [-0.25, -0.2) is 9.59 Å². The Bertz CT molecular complexity index is 3020. The fraction of sp³-hybridized carbons (Fsp3) is 0.389. The number of amides is 1. The number of carbonyl (C=O) groups is 3. The molecule has 0 spiro atoms. The van der Waals surface area contributed by atoms with Gasteiger partial charge in [0.15, 0.2) is 0 Å². The molecule has 0 saturated heterocycles. The van der Waals surface area contributed by atoms with Gasteiger partial charge >= 0.3 is 11.9 Å². The molecule has 0 bridgehead atoms. The van der Waals surface area contributed by atoms with Gasteiger partial charge < -0.3 is 43.6 Å². The number of benzene rings is 5. The summed E-state index contributed by atoms with van der Waals surface area (Å²) in [5.74, 6) is -0.287. The lowest BCUT2D eigenvalue weighted by Crippen LogP contribution is -2.27. The van der Waals surface area contributed by atoms with E-state index in [0.717, 1.165) is 26.7 Å². The molecule has 79 heavy (non-hydrogen) atoms. The first-order valence-corrected chi connectivity index (χ1v) is 27.1. The number of carbonyl (C=O) groups excluding carboxylic acids is 3. The molecule has 0 fully saturated rings. The number of aryl methyl sites for hydroxylation is 1. The van der Waals surface area contributed by atoms with E-state index in [9.17, 15) is 48.1 Å². The number of phenolic OH excluding ortho intramolecular Hbond substituents is 1. The van der Waals surface area contributed by atoms with Gasteiger partial charge in [-0.15, -0.1) is 0 Å². The number of nitro groups is 2. The van der Waals surface area contributed by atoms with Crippen LogP contribution in [-0.2, 0) is 57.1 Å². The summed E-state index contributed by atoms with van der Waals surface area (Å²) in [4.78, 5) is 60.5. The number of non-ortho nitro benzene ring substituents is 2. The maximum atomic E-state index is 11.9. The van der Waals surface area contributed by atoms with Gasteiger partial charge in [-0.1, -0.05) is 48.6 Å². The van der Waals surface area contributed by atoms with Crippen molar-refractivity contribution in [1.82, 2.24) is 0 Å². The van der Waals surface area contributed by atoms with Gasteiger partial charge in [0, 0.05) is 50.8 Å². The summed E-state index contributed by atoms with van der Waals surface area (Å²) in [6, 6.07) is 25.9. The highest BCUT2D eigenvalue weighted by Crippen LogP contribution is 2.50. The first kappa shape index (κ1) is 64.7. The van der Waals surface area contributed by atoms with Crippen LogP contribution in [0.5, 0.6) is 11.5 Å². The molecule has 5 aromatic carbocycles. The Morgan fingerprint density at radius 1 is 0.608 bits per heavy atom. The van der Waals surface area contributed by atoms with Gasteiger partial charge in [0.05, 0.1) is 83.7 Å². The quantitative estimate of drug-likeness (QED) is 0.0223. The molecule has 0 radical (unpaired) electrons. The molecule has 0 atom stereocenters. The van der Waals surface area contributed by atoms with Crippen LogP contribution < -0.4 is 15.0 Å². The summed E-state index contributed by atoms with van der Waals surface area (Å²) >= 11 is 2.75. The average Bonchev–Trinajstić information content (AvgIpc) is 3.44. The molecule has 0 unspecified atom stereocenters. The predicted molar refractivity (Wildman–Crippen MR) is 297 cm³/mol. The number of hydrogen-bond acceptors (Lipinski definition) is 21. The van der Waals surface area contributed by atoms with Crippen LogP contribution in [0.25, 0.3) is 0 Å². The summed E-state index contributed by atoms with van der Waals surface area (Å²) in [5, 5.41) is 34.7. The zero-order valence-corrected chi connectivity index (χ0v) is 46.7. The normalized spacial score (nSPS) is 12.2. The van der Waals surface area contributed by atoms with E-state index >= 15 is 0 Å². The molecule has 428 valence electrons. The third kappa shape index (κ3) is 21.4. The molecule has 1 amide bonds. The number of aromatic hydroxyl groups is 1. The minimum atomic E-state index is -3.78. The van der Waals surface area contributed by atoms with E-state index in [1.165, 1.54) is 77.8 Å². The van der Waals surface area contributed by atoms with Gasteiger partial charge in [-0.05, 0) is 109 Å². The Labute approximate surface area is 467 Å². The van der Waals surface area contributed by atoms with Crippen molar-refractivity contribution in [1.29, 1.82) is 0 Å². The lowest BCUT2D eigenvalue weighted by atomic mass is 10.2. The third-order valence-electron chi connectivity index (χ3n) is 10.0. The van der Waals surface area contributed by atoms with Crippen molar-refractivity contribution in [3.63, 3.8) is 0 Å². The van der Waals surface area contributed by atoms with Gasteiger partial charge in [0.1, 0.15) is 42.5 Å². The number of nitrogens with one attached hydrogen (secondary N) is 1. The second-order valence-electron chi connectivity index (χ2n) is 18.8. The highest BCUT2D eigenvalue weighted by molar-refractivity contribution is 8.00. The Hall–Kier alpha value is -6.84. The first-order valence-electron chi connectivity index (χ1n) is 24.1. The lowest BCUT2D eigenvalue weighted by Gasteiger charge is -2.30. The van der Waals surface area contributed by atoms with Crippen molar-refractivity contribution in [3.05, 3.63) is 123 Å². The SMILES string of the molecule is C.CC(=O)N1c2ccc(O)cc2Sc2cc([N+](=O)[O-])ccc21.CC(C)(C)OC(=O)COCCOCCOc1ccc2c(c1)Sc1cc([N+](=O)[O-])ccc1N2.Cc1ccc(S(=O)(=O)OCCOCCOCC(=O)OC(C)(C)C)cc1. The van der Waals surface area contributed by atoms with Crippen LogP contribution in [0.3, 0.4) is 0 Å². The van der Waals surface area contributed by atoms with E-state index in [0.29, 0.717) is 46.7 Å². The van der Waals surface area contributed by atoms with E-state index in [1.54, 1.807) is 77.9 Å². The Balaban J connectivity index is 0.000000260. The molecule has 5 aromatic rings. The molecule has 22 nitrogen and oxygen atoms in total. The molecular weight excluding hydrogens is 1090 g/mol. The highest BCUT2D eigenvalue weighted by Gasteiger charge is 2.28. The monoisotopic (exact) mass is 1150 g/mol. The van der Waals surface area contributed by atoms with Crippen molar-refractivity contribution in [2.45, 2.75) is 98.5 Å². The number of nitro benzene ring substituents is 2. The molecule has 0 aromatic heterocycles. The minimum Gasteiger partial charge on any atom is -0.508 e. The zero-order valence-electron chi connectivity index (χ0n) is 44.3. The van der Waals surface area contributed by atoms with Crippen LogP contribution >= 0.6 is 23.5 Å². The van der Waals surface area contributed by atoms with E-state index in [4.69, 9.17) is 37.3 Å². The van der Waals surface area contributed by atoms with E-state index < -0.39 is 43.1 Å². The molecule has 2 N–H and O–H groups in total. The van der Waals surface area contributed by atoms with Crippen molar-refractivity contribution in [3.8, 4) is 11.5 Å². The molecule has 2 heterocycles. The van der Waals surface area contributed by atoms with Crippen molar-refractivity contribution < 1.29 is 75.1 Å². The largest absolute Gasteiger partial charge is 0.508 e. The fourth-order valence-electron chi connectivity index (χ4n) is 6.78. The number of nitrogens with zero attached hydrogens (tertiary/aromatic N) is 3. The van der Waals surface area contributed by atoms with E-state index in [2.05, 4.69) is 5.32 Å². The zero-order chi connectivity index (χ0) is 57.2. The van der Waals surface area contributed by atoms with Crippen molar-refractivity contribution in [2.75, 3.05) is 76.3 Å². The summed E-state index contributed by atoms with van der Waals surface area (Å²) in [5.41, 5.74) is 2.94. The number of phenols is 1. The van der Waals surface area contributed by atoms with Crippen LogP contribution in [0.15, 0.2) is 122 Å². The summed E-state index contributed by atoms with van der Waals surface area (Å²) in [6.45, 7) is 15.5. The van der Waals surface area contributed by atoms with Crippen LogP contribution in [0.4, 0.5) is 34.1 Å². The summed E-state index contributed by atoms with van der Waals surface area (Å²) < 4.78 is 65.7. The van der Waals surface area contributed by atoms with Crippen LogP contribution in [0.2, 0.25) is 0 Å². The average molecular weight is 1160 g/mol. The molecule has 2 aliphatic heterocycles. The maximum absolute atomic E-state index is 11.9. The van der Waals surface area contributed by atoms with Gasteiger partial charge in [-0.2, -0.15) is 8.42 Å². The summed E-state index contributed by atoms with van der Waals surface area (Å²) in [7, 11) is -3.78. The number of anilines is 4. The van der Waals surface area contributed by atoms with Crippen molar-refractivity contribution in [2.24, 2.45) is 0 Å². The molecule has 2 aliphatic rings. The Morgan fingerprint density at radius 2 is 1.06 bits per heavy atom. The van der Waals surface area contributed by atoms with E-state index in [1.807, 2.05) is 25.1 Å². The van der Waals surface area contributed by atoms with Gasteiger partial charge in [0.2, 0.25) is 5.91 Å². The molecular formula is C54H66N4O18S3. The highest BCUT2D eigenvalue weighted by atomic mass is 32.2. The first-order chi connectivity index (χ1) is 36.8. The van der Waals surface area contributed by atoms with Crippen molar-refractivity contribution >= 4 is 85.6 Å². The number of ether oxygens (including phenoxy) is 7. The molecule has 0 saturated carbocycles. The summed E-state index contributed by atoms with van der Waals surface area (Å²) in [6.07, 6.45) is 0. The molecule has 25 heteroatoms. The van der Waals surface area contributed by atoms with Gasteiger partial charge in [-0.3, -0.25) is 34.1 Å². The maximum Gasteiger partial charge on any atom is 0.332 e.